The number of hydrogen-bond donors (Lipinski definition) is 1. The molecular formula is C24H24ClN5O2. The van der Waals surface area contributed by atoms with Gasteiger partial charge in [0.15, 0.2) is 0 Å². The van der Waals surface area contributed by atoms with Gasteiger partial charge in [-0.3, -0.25) is 4.79 Å². The molecular weight excluding hydrogens is 426 g/mol. The lowest BCUT2D eigenvalue weighted by Crippen LogP contribution is -2.24. The molecule has 0 aliphatic rings. The van der Waals surface area contributed by atoms with Gasteiger partial charge < -0.3 is 10.1 Å². The van der Waals surface area contributed by atoms with Crippen LogP contribution in [0.1, 0.15) is 41.5 Å². The van der Waals surface area contributed by atoms with E-state index in [0.29, 0.717) is 17.1 Å². The Morgan fingerprint density at radius 3 is 2.59 bits per heavy atom. The molecule has 2 heterocycles. The fraction of sp³-hybridized carbons (Fsp3) is 0.208. The van der Waals surface area contributed by atoms with E-state index >= 15 is 0 Å². The summed E-state index contributed by atoms with van der Waals surface area (Å²) in [5.41, 5.74) is 3.84. The number of amides is 1. The van der Waals surface area contributed by atoms with Crippen LogP contribution in [-0.4, -0.2) is 32.6 Å². The van der Waals surface area contributed by atoms with Gasteiger partial charge in [-0.15, -0.1) is 0 Å². The average molecular weight is 450 g/mol. The van der Waals surface area contributed by atoms with Gasteiger partial charge in [-0.25, -0.2) is 9.36 Å². The van der Waals surface area contributed by atoms with Crippen LogP contribution in [0.15, 0.2) is 67.0 Å². The van der Waals surface area contributed by atoms with Crippen molar-refractivity contribution in [1.82, 2.24) is 24.9 Å². The minimum Gasteiger partial charge on any atom is -0.497 e. The number of halogens is 1. The summed E-state index contributed by atoms with van der Waals surface area (Å²) in [7, 11) is 1.63. The molecule has 2 aromatic heterocycles. The largest absolute Gasteiger partial charge is 0.497 e. The van der Waals surface area contributed by atoms with Gasteiger partial charge in [0.25, 0.3) is 5.91 Å². The Bertz CT molecular complexity index is 1230. The molecule has 7 nitrogen and oxygen atoms in total. The van der Waals surface area contributed by atoms with Crippen molar-refractivity contribution in [2.24, 2.45) is 0 Å². The van der Waals surface area contributed by atoms with Crippen LogP contribution in [0.3, 0.4) is 0 Å². The summed E-state index contributed by atoms with van der Waals surface area (Å²) in [6, 6.07) is 16.9. The number of carbonyl (C=O) groups is 1. The Balaban J connectivity index is 1.49. The van der Waals surface area contributed by atoms with E-state index < -0.39 is 0 Å². The predicted molar refractivity (Wildman–Crippen MR) is 124 cm³/mol. The van der Waals surface area contributed by atoms with Gasteiger partial charge in [-0.1, -0.05) is 31.5 Å². The van der Waals surface area contributed by atoms with Crippen LogP contribution in [0, 0.1) is 0 Å². The van der Waals surface area contributed by atoms with E-state index in [0.717, 1.165) is 28.5 Å². The molecule has 164 valence electrons. The van der Waals surface area contributed by atoms with E-state index in [1.54, 1.807) is 22.7 Å². The zero-order valence-corrected chi connectivity index (χ0v) is 18.9. The van der Waals surface area contributed by atoms with E-state index in [1.165, 1.54) is 0 Å². The Labute approximate surface area is 191 Å². The number of methoxy groups -OCH3 is 1. The van der Waals surface area contributed by atoms with Crippen molar-refractivity contribution in [3.05, 3.63) is 89.0 Å². The van der Waals surface area contributed by atoms with Gasteiger partial charge in [-0.05, 0) is 54.4 Å². The van der Waals surface area contributed by atoms with E-state index in [4.69, 9.17) is 16.3 Å². The van der Waals surface area contributed by atoms with Crippen LogP contribution >= 0.6 is 11.6 Å². The number of carbonyl (C=O) groups excluding carboxylic acids is 1. The van der Waals surface area contributed by atoms with Crippen molar-refractivity contribution in [1.29, 1.82) is 0 Å². The van der Waals surface area contributed by atoms with Crippen molar-refractivity contribution in [2.45, 2.75) is 26.3 Å². The number of benzene rings is 2. The molecule has 8 heteroatoms. The molecule has 32 heavy (non-hydrogen) atoms. The summed E-state index contributed by atoms with van der Waals surface area (Å²) >= 11 is 6.14. The Morgan fingerprint density at radius 2 is 1.91 bits per heavy atom. The maximum absolute atomic E-state index is 13.0. The molecule has 0 unspecified atom stereocenters. The minimum absolute atomic E-state index is 0.0894. The second-order valence-electron chi connectivity index (χ2n) is 7.62. The van der Waals surface area contributed by atoms with E-state index in [2.05, 4.69) is 15.5 Å². The molecule has 1 amide bonds. The van der Waals surface area contributed by atoms with Crippen LogP contribution < -0.4 is 10.1 Å². The highest BCUT2D eigenvalue weighted by molar-refractivity contribution is 6.30. The Morgan fingerprint density at radius 1 is 1.12 bits per heavy atom. The topological polar surface area (TPSA) is 74.0 Å². The van der Waals surface area contributed by atoms with Crippen LogP contribution in [0.2, 0.25) is 5.02 Å². The zero-order chi connectivity index (χ0) is 22.7. The SMILES string of the molecule is COc1ccc(-n2ccc(CNC(=O)c3cnn(-c4cccc(Cl)c4)c3C(C)C)n2)cc1. The number of rotatable bonds is 7. The molecule has 0 aliphatic heterocycles. The lowest BCUT2D eigenvalue weighted by Gasteiger charge is -2.13. The average Bonchev–Trinajstić information content (AvgIpc) is 3.45. The molecule has 0 spiro atoms. The first-order valence-electron chi connectivity index (χ1n) is 10.3. The third-order valence-corrected chi connectivity index (χ3v) is 5.30. The Kier molecular flexibility index (Phi) is 6.28. The second kappa shape index (κ2) is 9.28. The zero-order valence-electron chi connectivity index (χ0n) is 18.1. The quantitative estimate of drug-likeness (QED) is 0.441. The standard InChI is InChI=1S/C24H24ClN5O2/c1-16(2)23-22(15-27-30(23)20-6-4-5-17(25)13-20)24(31)26-14-18-11-12-29(28-18)19-7-9-21(32-3)10-8-19/h4-13,15-16H,14H2,1-3H3,(H,26,31). The number of nitrogens with one attached hydrogen (secondary N) is 1. The summed E-state index contributed by atoms with van der Waals surface area (Å²) in [6.45, 7) is 4.37. The third-order valence-electron chi connectivity index (χ3n) is 5.06. The summed E-state index contributed by atoms with van der Waals surface area (Å²) in [5.74, 6) is 0.681. The minimum atomic E-state index is -0.194. The van der Waals surface area contributed by atoms with Crippen molar-refractivity contribution >= 4 is 17.5 Å². The van der Waals surface area contributed by atoms with Crippen LogP contribution in [0.25, 0.3) is 11.4 Å². The molecule has 4 aromatic rings. The van der Waals surface area contributed by atoms with E-state index in [1.807, 2.05) is 74.6 Å². The van der Waals surface area contributed by atoms with Gasteiger partial charge >= 0.3 is 0 Å². The molecule has 1 N–H and O–H groups in total. The molecule has 0 bridgehead atoms. The molecule has 0 atom stereocenters. The monoisotopic (exact) mass is 449 g/mol. The fourth-order valence-corrected chi connectivity index (χ4v) is 3.69. The van der Waals surface area contributed by atoms with Crippen LogP contribution in [0.4, 0.5) is 0 Å². The second-order valence-corrected chi connectivity index (χ2v) is 8.06. The highest BCUT2D eigenvalue weighted by Gasteiger charge is 2.21. The summed E-state index contributed by atoms with van der Waals surface area (Å²) in [5, 5.41) is 12.6. The van der Waals surface area contributed by atoms with Crippen molar-refractivity contribution in [3.8, 4) is 17.1 Å². The number of ether oxygens (including phenoxy) is 1. The maximum Gasteiger partial charge on any atom is 0.255 e. The lowest BCUT2D eigenvalue weighted by molar-refractivity contribution is 0.0949. The smallest absolute Gasteiger partial charge is 0.255 e. The number of aromatic nitrogens is 4. The van der Waals surface area contributed by atoms with Crippen LogP contribution in [-0.2, 0) is 6.54 Å². The summed E-state index contributed by atoms with van der Waals surface area (Å²) in [6.07, 6.45) is 3.46. The molecule has 0 fully saturated rings. The molecule has 0 aliphatic carbocycles. The van der Waals surface area contributed by atoms with Gasteiger partial charge in [0, 0.05) is 11.2 Å². The fourth-order valence-electron chi connectivity index (χ4n) is 3.50. The maximum atomic E-state index is 13.0. The van der Waals surface area contributed by atoms with Crippen molar-refractivity contribution < 1.29 is 9.53 Å². The predicted octanol–water partition coefficient (Wildman–Crippen LogP) is 4.77. The van der Waals surface area contributed by atoms with E-state index in [9.17, 15) is 4.79 Å². The lowest BCUT2D eigenvalue weighted by atomic mass is 10.0. The number of hydrogen-bond acceptors (Lipinski definition) is 4. The third kappa shape index (κ3) is 4.53. The molecule has 2 aromatic carbocycles. The molecule has 0 saturated heterocycles. The normalized spacial score (nSPS) is 11.0. The Hall–Kier alpha value is -3.58. The molecule has 0 radical (unpaired) electrons. The highest BCUT2D eigenvalue weighted by atomic mass is 35.5. The van der Waals surface area contributed by atoms with Gasteiger partial charge in [0.1, 0.15) is 5.75 Å². The van der Waals surface area contributed by atoms with Gasteiger partial charge in [0.2, 0.25) is 0 Å². The van der Waals surface area contributed by atoms with Crippen LogP contribution in [0.5, 0.6) is 5.75 Å². The summed E-state index contributed by atoms with van der Waals surface area (Å²) in [4.78, 5) is 13.0. The van der Waals surface area contributed by atoms with Gasteiger partial charge in [0.05, 0.1) is 48.2 Å². The molecule has 4 rings (SSSR count). The first kappa shape index (κ1) is 21.6. The highest BCUT2D eigenvalue weighted by Crippen LogP contribution is 2.24. The first-order chi connectivity index (χ1) is 15.5. The van der Waals surface area contributed by atoms with E-state index in [-0.39, 0.29) is 11.8 Å². The van der Waals surface area contributed by atoms with Crippen molar-refractivity contribution in [2.75, 3.05) is 7.11 Å². The number of nitrogens with zero attached hydrogens (tertiary/aromatic N) is 4. The van der Waals surface area contributed by atoms with Crippen molar-refractivity contribution in [3.63, 3.8) is 0 Å². The van der Waals surface area contributed by atoms with Gasteiger partial charge in [-0.2, -0.15) is 10.2 Å². The molecule has 0 saturated carbocycles. The first-order valence-corrected chi connectivity index (χ1v) is 10.6. The summed E-state index contributed by atoms with van der Waals surface area (Å²) < 4.78 is 8.72.